The second-order valence-electron chi connectivity index (χ2n) is 3.96. The van der Waals surface area contributed by atoms with E-state index in [2.05, 4.69) is 15.0 Å². The fourth-order valence-corrected chi connectivity index (χ4v) is 1.88. The predicted octanol–water partition coefficient (Wildman–Crippen LogP) is -0.689. The highest BCUT2D eigenvalue weighted by Crippen LogP contribution is 2.19. The van der Waals surface area contributed by atoms with Crippen molar-refractivity contribution >= 4 is 5.97 Å². The van der Waals surface area contributed by atoms with E-state index in [1.54, 1.807) is 0 Å². The summed E-state index contributed by atoms with van der Waals surface area (Å²) in [5.74, 6) is 0.889. The molecule has 0 radical (unpaired) electrons. The van der Waals surface area contributed by atoms with Crippen LogP contribution in [-0.2, 0) is 9.53 Å². The molecule has 0 unspecified atom stereocenters. The van der Waals surface area contributed by atoms with Gasteiger partial charge < -0.3 is 15.0 Å². The number of esters is 1. The minimum absolute atomic E-state index is 0.0528. The second-order valence-corrected chi connectivity index (χ2v) is 3.96. The average molecular weight is 184 g/mol. The monoisotopic (exact) mass is 184 g/mol. The standard InChI is InChI=1S/C9H16N2O2/c1-13-9(12)8-5-11(6-8)4-7-2-10-3-7/h7-8,10H,2-6H2,1H3. The van der Waals surface area contributed by atoms with Gasteiger partial charge in [-0.3, -0.25) is 4.79 Å². The zero-order valence-corrected chi connectivity index (χ0v) is 7.95. The first-order valence-corrected chi connectivity index (χ1v) is 4.80. The molecule has 0 amide bonds. The number of carbonyl (C=O) groups excluding carboxylic acids is 1. The summed E-state index contributed by atoms with van der Waals surface area (Å²) in [6.45, 7) is 5.20. The van der Waals surface area contributed by atoms with Crippen molar-refractivity contribution in [3.05, 3.63) is 0 Å². The van der Waals surface area contributed by atoms with Gasteiger partial charge in [0.15, 0.2) is 0 Å². The number of hydrogen-bond acceptors (Lipinski definition) is 4. The lowest BCUT2D eigenvalue weighted by atomic mass is 9.95. The molecule has 0 bridgehead atoms. The number of hydrogen-bond donors (Lipinski definition) is 1. The molecule has 4 heteroatoms. The Bertz CT molecular complexity index is 198. The van der Waals surface area contributed by atoms with Gasteiger partial charge in [0.1, 0.15) is 0 Å². The SMILES string of the molecule is COC(=O)C1CN(CC2CNC2)C1. The Kier molecular flexibility index (Phi) is 2.51. The van der Waals surface area contributed by atoms with E-state index in [-0.39, 0.29) is 11.9 Å². The largest absolute Gasteiger partial charge is 0.469 e. The Hall–Kier alpha value is -0.610. The van der Waals surface area contributed by atoms with E-state index in [1.165, 1.54) is 7.11 Å². The Balaban J connectivity index is 1.63. The zero-order chi connectivity index (χ0) is 9.26. The molecule has 4 nitrogen and oxygen atoms in total. The summed E-state index contributed by atoms with van der Waals surface area (Å²) in [5, 5.41) is 3.24. The van der Waals surface area contributed by atoms with Crippen molar-refractivity contribution in [3.8, 4) is 0 Å². The molecule has 2 rings (SSSR count). The number of methoxy groups -OCH3 is 1. The van der Waals surface area contributed by atoms with Crippen molar-refractivity contribution in [2.75, 3.05) is 39.8 Å². The van der Waals surface area contributed by atoms with Gasteiger partial charge in [0.05, 0.1) is 13.0 Å². The molecule has 0 aromatic rings. The van der Waals surface area contributed by atoms with Crippen LogP contribution in [0.5, 0.6) is 0 Å². The minimum Gasteiger partial charge on any atom is -0.469 e. The maximum Gasteiger partial charge on any atom is 0.311 e. The highest BCUT2D eigenvalue weighted by molar-refractivity contribution is 5.73. The van der Waals surface area contributed by atoms with Crippen molar-refractivity contribution in [2.24, 2.45) is 11.8 Å². The lowest BCUT2D eigenvalue weighted by molar-refractivity contribution is -0.151. The van der Waals surface area contributed by atoms with E-state index in [0.29, 0.717) is 0 Å². The molecule has 0 atom stereocenters. The van der Waals surface area contributed by atoms with Crippen molar-refractivity contribution in [1.29, 1.82) is 0 Å². The molecule has 0 aromatic heterocycles. The molecular weight excluding hydrogens is 168 g/mol. The first-order chi connectivity index (χ1) is 6.29. The summed E-state index contributed by atoms with van der Waals surface area (Å²) < 4.78 is 4.67. The van der Waals surface area contributed by atoms with Crippen molar-refractivity contribution in [1.82, 2.24) is 10.2 Å². The smallest absolute Gasteiger partial charge is 0.311 e. The topological polar surface area (TPSA) is 41.6 Å². The number of carbonyl (C=O) groups is 1. The van der Waals surface area contributed by atoms with E-state index in [4.69, 9.17) is 0 Å². The predicted molar refractivity (Wildman–Crippen MR) is 48.3 cm³/mol. The fourth-order valence-electron chi connectivity index (χ4n) is 1.88. The van der Waals surface area contributed by atoms with Gasteiger partial charge in [-0.2, -0.15) is 0 Å². The molecule has 2 heterocycles. The van der Waals surface area contributed by atoms with Crippen LogP contribution in [-0.4, -0.2) is 50.7 Å². The lowest BCUT2D eigenvalue weighted by Crippen LogP contribution is -2.56. The highest BCUT2D eigenvalue weighted by atomic mass is 16.5. The number of ether oxygens (including phenoxy) is 1. The molecule has 1 N–H and O–H groups in total. The van der Waals surface area contributed by atoms with Gasteiger partial charge in [0.2, 0.25) is 0 Å². The molecule has 74 valence electrons. The Morgan fingerprint density at radius 2 is 2.23 bits per heavy atom. The van der Waals surface area contributed by atoms with Gasteiger partial charge in [-0.05, 0) is 5.92 Å². The molecule has 0 saturated carbocycles. The van der Waals surface area contributed by atoms with E-state index in [0.717, 1.165) is 38.6 Å². The van der Waals surface area contributed by atoms with Gasteiger partial charge in [-0.25, -0.2) is 0 Å². The first kappa shape index (κ1) is 8.97. The van der Waals surface area contributed by atoms with Gasteiger partial charge in [0.25, 0.3) is 0 Å². The number of nitrogens with zero attached hydrogens (tertiary/aromatic N) is 1. The van der Waals surface area contributed by atoms with Gasteiger partial charge >= 0.3 is 5.97 Å². The van der Waals surface area contributed by atoms with Crippen molar-refractivity contribution < 1.29 is 9.53 Å². The van der Waals surface area contributed by atoms with E-state index >= 15 is 0 Å². The average Bonchev–Trinajstić information content (AvgIpc) is 1.97. The zero-order valence-electron chi connectivity index (χ0n) is 7.95. The molecule has 0 aliphatic carbocycles. The summed E-state index contributed by atoms with van der Waals surface area (Å²) in [7, 11) is 1.46. The fraction of sp³-hybridized carbons (Fsp3) is 0.889. The van der Waals surface area contributed by atoms with E-state index in [9.17, 15) is 4.79 Å². The molecule has 0 aromatic carbocycles. The van der Waals surface area contributed by atoms with Gasteiger partial charge in [-0.1, -0.05) is 0 Å². The molecule has 2 aliphatic rings. The summed E-state index contributed by atoms with van der Waals surface area (Å²) in [4.78, 5) is 13.4. The minimum atomic E-state index is -0.0528. The summed E-state index contributed by atoms with van der Waals surface area (Å²) in [6.07, 6.45) is 0. The van der Waals surface area contributed by atoms with Crippen LogP contribution < -0.4 is 5.32 Å². The summed E-state index contributed by atoms with van der Waals surface area (Å²) in [6, 6.07) is 0. The normalized spacial score (nSPS) is 25.0. The first-order valence-electron chi connectivity index (χ1n) is 4.80. The summed E-state index contributed by atoms with van der Waals surface area (Å²) in [5.41, 5.74) is 0. The van der Waals surface area contributed by atoms with Crippen molar-refractivity contribution in [2.45, 2.75) is 0 Å². The number of nitrogens with one attached hydrogen (secondary N) is 1. The van der Waals surface area contributed by atoms with Crippen LogP contribution in [0.1, 0.15) is 0 Å². The van der Waals surface area contributed by atoms with Crippen LogP contribution in [0.15, 0.2) is 0 Å². The Morgan fingerprint density at radius 1 is 1.54 bits per heavy atom. The van der Waals surface area contributed by atoms with E-state index < -0.39 is 0 Å². The quantitative estimate of drug-likeness (QED) is 0.590. The molecule has 0 spiro atoms. The highest BCUT2D eigenvalue weighted by Gasteiger charge is 2.35. The maximum atomic E-state index is 11.0. The van der Waals surface area contributed by atoms with Crippen LogP contribution in [0.3, 0.4) is 0 Å². The van der Waals surface area contributed by atoms with Gasteiger partial charge in [-0.15, -0.1) is 0 Å². The molecule has 2 saturated heterocycles. The third kappa shape index (κ3) is 1.84. The second kappa shape index (κ2) is 3.64. The van der Waals surface area contributed by atoms with Crippen molar-refractivity contribution in [3.63, 3.8) is 0 Å². The van der Waals surface area contributed by atoms with Crippen LogP contribution >= 0.6 is 0 Å². The molecule has 2 aliphatic heterocycles. The summed E-state index contributed by atoms with van der Waals surface area (Å²) >= 11 is 0. The van der Waals surface area contributed by atoms with Gasteiger partial charge in [0, 0.05) is 32.7 Å². The third-order valence-corrected chi connectivity index (χ3v) is 2.87. The van der Waals surface area contributed by atoms with E-state index in [1.807, 2.05) is 0 Å². The Labute approximate surface area is 78.2 Å². The Morgan fingerprint density at radius 3 is 2.69 bits per heavy atom. The lowest BCUT2D eigenvalue weighted by Gasteiger charge is -2.41. The third-order valence-electron chi connectivity index (χ3n) is 2.87. The molecule has 13 heavy (non-hydrogen) atoms. The maximum absolute atomic E-state index is 11.0. The molecular formula is C9H16N2O2. The molecule has 2 fully saturated rings. The number of rotatable bonds is 3. The number of likely N-dealkylation sites (tertiary alicyclic amines) is 1. The van der Waals surface area contributed by atoms with Crippen LogP contribution in [0.2, 0.25) is 0 Å². The van der Waals surface area contributed by atoms with Crippen LogP contribution in [0.4, 0.5) is 0 Å². The van der Waals surface area contributed by atoms with Crippen LogP contribution in [0, 0.1) is 11.8 Å². The van der Waals surface area contributed by atoms with Crippen LogP contribution in [0.25, 0.3) is 0 Å².